The molecule has 1 unspecified atom stereocenters. The molecule has 2 aromatic rings. The fourth-order valence-electron chi connectivity index (χ4n) is 3.59. The maximum absolute atomic E-state index is 13.0. The molecule has 0 saturated carbocycles. The average Bonchev–Trinajstić information content (AvgIpc) is 3.10. The van der Waals surface area contributed by atoms with Crippen molar-refractivity contribution < 1.29 is 17.9 Å². The zero-order valence-corrected chi connectivity index (χ0v) is 18.6. The van der Waals surface area contributed by atoms with Gasteiger partial charge in [0.15, 0.2) is 9.84 Å². The minimum absolute atomic E-state index is 0.0270. The quantitative estimate of drug-likeness (QED) is 0.626. The van der Waals surface area contributed by atoms with E-state index in [0.29, 0.717) is 18.9 Å². The number of rotatable bonds is 7. The van der Waals surface area contributed by atoms with Crippen LogP contribution in [0.15, 0.2) is 54.6 Å². The summed E-state index contributed by atoms with van der Waals surface area (Å²) in [5, 5.41) is 0. The lowest BCUT2D eigenvalue weighted by molar-refractivity contribution is -0.128. The van der Waals surface area contributed by atoms with E-state index >= 15 is 0 Å². The van der Waals surface area contributed by atoms with Gasteiger partial charge < -0.3 is 9.64 Å². The van der Waals surface area contributed by atoms with E-state index in [2.05, 4.69) is 26.0 Å². The summed E-state index contributed by atoms with van der Waals surface area (Å²) in [4.78, 5) is 14.7. The molecule has 160 valence electrons. The van der Waals surface area contributed by atoms with Crippen molar-refractivity contribution in [3.8, 4) is 5.75 Å². The Kier molecular flexibility index (Phi) is 6.98. The molecule has 1 amide bonds. The summed E-state index contributed by atoms with van der Waals surface area (Å²) >= 11 is 0. The molecule has 30 heavy (non-hydrogen) atoms. The Morgan fingerprint density at radius 2 is 1.80 bits per heavy atom. The van der Waals surface area contributed by atoms with Crippen LogP contribution in [0.25, 0.3) is 6.08 Å². The van der Waals surface area contributed by atoms with Crippen molar-refractivity contribution in [1.29, 1.82) is 0 Å². The molecule has 0 N–H and O–H groups in total. The van der Waals surface area contributed by atoms with Crippen LogP contribution in [0.4, 0.5) is 0 Å². The number of sulfone groups is 1. The Hall–Kier alpha value is -2.60. The molecule has 0 aromatic heterocycles. The van der Waals surface area contributed by atoms with Crippen LogP contribution >= 0.6 is 0 Å². The summed E-state index contributed by atoms with van der Waals surface area (Å²) in [7, 11) is -1.48. The molecule has 0 aliphatic carbocycles. The second-order valence-corrected chi connectivity index (χ2v) is 10.3. The first-order valence-corrected chi connectivity index (χ1v) is 12.0. The minimum atomic E-state index is -3.09. The Bertz CT molecular complexity index is 993. The van der Waals surface area contributed by atoms with Gasteiger partial charge in [0.25, 0.3) is 0 Å². The van der Waals surface area contributed by atoms with E-state index in [1.165, 1.54) is 11.6 Å². The smallest absolute Gasteiger partial charge is 0.247 e. The summed E-state index contributed by atoms with van der Waals surface area (Å²) in [6.45, 7) is 4.67. The van der Waals surface area contributed by atoms with Crippen LogP contribution in [0.3, 0.4) is 0 Å². The minimum Gasteiger partial charge on any atom is -0.497 e. The normalized spacial score (nSPS) is 18.1. The summed E-state index contributed by atoms with van der Waals surface area (Å²) in [5.41, 5.74) is 3.11. The second-order valence-electron chi connectivity index (χ2n) is 8.03. The number of benzene rings is 2. The van der Waals surface area contributed by atoms with E-state index in [9.17, 15) is 13.2 Å². The Morgan fingerprint density at radius 1 is 1.13 bits per heavy atom. The van der Waals surface area contributed by atoms with Crippen LogP contribution in [0.5, 0.6) is 5.75 Å². The standard InChI is InChI=1S/C24H29NO4S/c1-18(2)21-9-4-20(5-10-21)16-25(22-14-15-30(27,28)17-22)24(26)13-8-19-6-11-23(29-3)12-7-19/h4-13,18,22H,14-17H2,1-3H3. The van der Waals surface area contributed by atoms with Gasteiger partial charge in [0.1, 0.15) is 5.75 Å². The van der Waals surface area contributed by atoms with Crippen LogP contribution in [-0.4, -0.2) is 43.9 Å². The van der Waals surface area contributed by atoms with Crippen molar-refractivity contribution in [3.05, 3.63) is 71.3 Å². The molecule has 0 spiro atoms. The van der Waals surface area contributed by atoms with Crippen molar-refractivity contribution in [2.24, 2.45) is 0 Å². The Morgan fingerprint density at radius 3 is 2.33 bits per heavy atom. The molecule has 1 saturated heterocycles. The summed E-state index contributed by atoms with van der Waals surface area (Å²) in [5.74, 6) is 1.17. The molecular formula is C24H29NO4S. The molecule has 1 aliphatic heterocycles. The van der Waals surface area contributed by atoms with E-state index in [1.54, 1.807) is 18.1 Å². The lowest BCUT2D eigenvalue weighted by atomic mass is 10.0. The Labute approximate surface area is 179 Å². The van der Waals surface area contributed by atoms with Gasteiger partial charge >= 0.3 is 0 Å². The molecule has 1 heterocycles. The van der Waals surface area contributed by atoms with Gasteiger partial charge in [-0.2, -0.15) is 0 Å². The van der Waals surface area contributed by atoms with Crippen LogP contribution in [-0.2, 0) is 21.2 Å². The predicted octanol–water partition coefficient (Wildman–Crippen LogP) is 4.05. The predicted molar refractivity (Wildman–Crippen MR) is 120 cm³/mol. The highest BCUT2D eigenvalue weighted by Crippen LogP contribution is 2.22. The maximum Gasteiger partial charge on any atom is 0.247 e. The number of hydrogen-bond donors (Lipinski definition) is 0. The third-order valence-electron chi connectivity index (χ3n) is 5.47. The molecule has 1 fully saturated rings. The molecule has 0 bridgehead atoms. The molecule has 1 atom stereocenters. The third-order valence-corrected chi connectivity index (χ3v) is 7.22. The molecule has 1 aliphatic rings. The number of carbonyl (C=O) groups is 1. The van der Waals surface area contributed by atoms with E-state index in [1.807, 2.05) is 36.4 Å². The first kappa shape index (κ1) is 22.1. The number of carbonyl (C=O) groups excluding carboxylic acids is 1. The van der Waals surface area contributed by atoms with E-state index in [4.69, 9.17) is 4.74 Å². The van der Waals surface area contributed by atoms with E-state index in [0.717, 1.165) is 16.9 Å². The van der Waals surface area contributed by atoms with Gasteiger partial charge in [0.05, 0.1) is 18.6 Å². The van der Waals surface area contributed by atoms with Crippen molar-refractivity contribution >= 4 is 21.8 Å². The number of amides is 1. The van der Waals surface area contributed by atoms with Crippen molar-refractivity contribution in [2.75, 3.05) is 18.6 Å². The molecule has 2 aromatic carbocycles. The highest BCUT2D eigenvalue weighted by atomic mass is 32.2. The van der Waals surface area contributed by atoms with E-state index < -0.39 is 9.84 Å². The van der Waals surface area contributed by atoms with Crippen LogP contribution < -0.4 is 4.74 Å². The fourth-order valence-corrected chi connectivity index (χ4v) is 5.32. The van der Waals surface area contributed by atoms with Crippen molar-refractivity contribution in [3.63, 3.8) is 0 Å². The fraction of sp³-hybridized carbons (Fsp3) is 0.375. The van der Waals surface area contributed by atoms with Gasteiger partial charge in [0, 0.05) is 18.7 Å². The van der Waals surface area contributed by atoms with Crippen LogP contribution in [0.1, 0.15) is 42.9 Å². The number of nitrogens with zero attached hydrogens (tertiary/aromatic N) is 1. The van der Waals surface area contributed by atoms with Gasteiger partial charge in [-0.05, 0) is 47.2 Å². The van der Waals surface area contributed by atoms with Gasteiger partial charge in [0.2, 0.25) is 5.91 Å². The second kappa shape index (κ2) is 9.47. The van der Waals surface area contributed by atoms with Crippen molar-refractivity contribution in [1.82, 2.24) is 4.90 Å². The molecular weight excluding hydrogens is 398 g/mol. The van der Waals surface area contributed by atoms with Gasteiger partial charge in [-0.15, -0.1) is 0 Å². The first-order chi connectivity index (χ1) is 14.3. The summed E-state index contributed by atoms with van der Waals surface area (Å²) in [6.07, 6.45) is 3.75. The zero-order valence-electron chi connectivity index (χ0n) is 17.7. The van der Waals surface area contributed by atoms with E-state index in [-0.39, 0.29) is 23.5 Å². The lowest BCUT2D eigenvalue weighted by Crippen LogP contribution is -2.39. The molecule has 6 heteroatoms. The number of methoxy groups -OCH3 is 1. The average molecular weight is 428 g/mol. The van der Waals surface area contributed by atoms with Gasteiger partial charge in [-0.3, -0.25) is 4.79 Å². The first-order valence-electron chi connectivity index (χ1n) is 10.2. The topological polar surface area (TPSA) is 63.7 Å². The monoisotopic (exact) mass is 427 g/mol. The summed E-state index contributed by atoms with van der Waals surface area (Å²) in [6, 6.07) is 15.3. The largest absolute Gasteiger partial charge is 0.497 e. The van der Waals surface area contributed by atoms with Crippen LogP contribution in [0, 0.1) is 0 Å². The third kappa shape index (κ3) is 5.72. The van der Waals surface area contributed by atoms with Gasteiger partial charge in [-0.25, -0.2) is 8.42 Å². The highest BCUT2D eigenvalue weighted by Gasteiger charge is 2.34. The Balaban J connectivity index is 1.79. The molecule has 5 nitrogen and oxygen atoms in total. The lowest BCUT2D eigenvalue weighted by Gasteiger charge is -2.27. The van der Waals surface area contributed by atoms with Crippen LogP contribution in [0.2, 0.25) is 0 Å². The molecule has 0 radical (unpaired) electrons. The van der Waals surface area contributed by atoms with Crippen molar-refractivity contribution in [2.45, 2.75) is 38.8 Å². The zero-order chi connectivity index (χ0) is 21.7. The van der Waals surface area contributed by atoms with Gasteiger partial charge in [-0.1, -0.05) is 50.2 Å². The summed E-state index contributed by atoms with van der Waals surface area (Å²) < 4.78 is 29.2. The molecule has 3 rings (SSSR count). The SMILES string of the molecule is COc1ccc(C=CC(=O)N(Cc2ccc(C(C)C)cc2)C2CCS(=O)(=O)C2)cc1. The maximum atomic E-state index is 13.0. The number of hydrogen-bond acceptors (Lipinski definition) is 4. The number of ether oxygens (including phenoxy) is 1. The highest BCUT2D eigenvalue weighted by molar-refractivity contribution is 7.91.